The second-order valence-electron chi connectivity index (χ2n) is 6.91. The van der Waals surface area contributed by atoms with Gasteiger partial charge in [-0.25, -0.2) is 18.2 Å². The van der Waals surface area contributed by atoms with Crippen LogP contribution in [-0.2, 0) is 14.9 Å². The molecule has 0 bridgehead atoms. The lowest BCUT2D eigenvalue weighted by Gasteiger charge is -2.18. The van der Waals surface area contributed by atoms with Gasteiger partial charge < -0.3 is 10.6 Å². The van der Waals surface area contributed by atoms with Crippen LogP contribution in [0.25, 0.3) is 0 Å². The molecule has 11 heteroatoms. The van der Waals surface area contributed by atoms with E-state index >= 15 is 0 Å². The summed E-state index contributed by atoms with van der Waals surface area (Å²) in [5.41, 5.74) is 2.84. The summed E-state index contributed by atoms with van der Waals surface area (Å²) in [6.07, 6.45) is 3.07. The van der Waals surface area contributed by atoms with E-state index in [1.807, 2.05) is 0 Å². The van der Waals surface area contributed by atoms with Gasteiger partial charge in [0, 0.05) is 26.3 Å². The van der Waals surface area contributed by atoms with Crippen LogP contribution in [0.2, 0.25) is 0 Å². The zero-order valence-corrected chi connectivity index (χ0v) is 17.6. The second kappa shape index (κ2) is 8.78. The Hall–Kier alpha value is -3.02. The van der Waals surface area contributed by atoms with E-state index in [9.17, 15) is 18.0 Å². The zero-order chi connectivity index (χ0) is 21.9. The van der Waals surface area contributed by atoms with Gasteiger partial charge >= 0.3 is 0 Å². The lowest BCUT2D eigenvalue weighted by atomic mass is 10.1. The number of hydrogen-bond acceptors (Lipinski definition) is 7. The average molecular weight is 433 g/mol. The molecular formula is C19H23N5O5S. The first-order valence-corrected chi connectivity index (χ1v) is 10.6. The molecule has 30 heavy (non-hydrogen) atoms. The maximum Gasteiger partial charge on any atom is 0.278 e. The van der Waals surface area contributed by atoms with E-state index in [2.05, 4.69) is 25.9 Å². The third kappa shape index (κ3) is 4.75. The largest absolute Gasteiger partial charge is 0.354 e. The lowest BCUT2D eigenvalue weighted by molar-refractivity contribution is 0.0538. The molecule has 1 heterocycles. The van der Waals surface area contributed by atoms with Gasteiger partial charge in [0.1, 0.15) is 10.6 Å². The minimum absolute atomic E-state index is 0.0221. The molecule has 0 spiro atoms. The van der Waals surface area contributed by atoms with Crippen molar-refractivity contribution in [1.82, 2.24) is 20.1 Å². The summed E-state index contributed by atoms with van der Waals surface area (Å²) in [5.74, 6) is -0.969. The van der Waals surface area contributed by atoms with Gasteiger partial charge in [0.25, 0.3) is 11.8 Å². The van der Waals surface area contributed by atoms with Crippen LogP contribution < -0.4 is 16.1 Å². The summed E-state index contributed by atoms with van der Waals surface area (Å²) in [6, 6.07) is 7.82. The minimum atomic E-state index is -3.75. The van der Waals surface area contributed by atoms with E-state index in [0.717, 1.165) is 17.1 Å². The highest BCUT2D eigenvalue weighted by molar-refractivity contribution is 7.89. The standard InChI is InChI=1S/C19H23N5O5S/c1-24(2)30(27,28)17-7-5-4-6-14(17)22-15-10-16(19(26)21-12-8-9-12)20-11-13(15)18(25)23-29-3/h4-7,10-12H,8-9H2,1-3H3,(H,20,22)(H,21,26)(H,23,25). The van der Waals surface area contributed by atoms with Crippen LogP contribution in [0.5, 0.6) is 0 Å². The topological polar surface area (TPSA) is 130 Å². The quantitative estimate of drug-likeness (QED) is 0.534. The Balaban J connectivity index is 2.03. The summed E-state index contributed by atoms with van der Waals surface area (Å²) in [7, 11) is 0.386. The number of hydroxylamine groups is 1. The first kappa shape index (κ1) is 21.7. The Morgan fingerprint density at radius 1 is 1.13 bits per heavy atom. The molecule has 10 nitrogen and oxygen atoms in total. The van der Waals surface area contributed by atoms with Gasteiger partial charge in [-0.15, -0.1) is 0 Å². The minimum Gasteiger partial charge on any atom is -0.354 e. The van der Waals surface area contributed by atoms with Gasteiger partial charge in [-0.1, -0.05) is 12.1 Å². The summed E-state index contributed by atoms with van der Waals surface area (Å²) in [4.78, 5) is 33.5. The summed E-state index contributed by atoms with van der Waals surface area (Å²) >= 11 is 0. The van der Waals surface area contributed by atoms with Crippen LogP contribution in [0.15, 0.2) is 41.4 Å². The number of rotatable bonds is 8. The number of benzene rings is 1. The van der Waals surface area contributed by atoms with Crippen molar-refractivity contribution in [3.63, 3.8) is 0 Å². The lowest BCUT2D eigenvalue weighted by Crippen LogP contribution is -2.27. The van der Waals surface area contributed by atoms with Gasteiger partial charge in [-0.2, -0.15) is 0 Å². The van der Waals surface area contributed by atoms with Gasteiger partial charge in [0.05, 0.1) is 24.0 Å². The van der Waals surface area contributed by atoms with Crippen LogP contribution in [0.3, 0.4) is 0 Å². The first-order valence-electron chi connectivity index (χ1n) is 9.17. The number of para-hydroxylation sites is 1. The Labute approximate surface area is 174 Å². The number of sulfonamides is 1. The van der Waals surface area contributed by atoms with Crippen molar-refractivity contribution in [3.8, 4) is 0 Å². The maximum atomic E-state index is 12.7. The SMILES string of the molecule is CONC(=O)c1cnc(C(=O)NC2CC2)cc1Nc1ccccc1S(=O)(=O)N(C)C. The predicted molar refractivity (Wildman–Crippen MR) is 110 cm³/mol. The monoisotopic (exact) mass is 433 g/mol. The highest BCUT2D eigenvalue weighted by Crippen LogP contribution is 2.29. The molecule has 0 unspecified atom stereocenters. The van der Waals surface area contributed by atoms with Crippen LogP contribution in [-0.4, -0.2) is 56.8 Å². The second-order valence-corrected chi connectivity index (χ2v) is 9.03. The molecule has 1 aliphatic rings. The highest BCUT2D eigenvalue weighted by Gasteiger charge is 2.26. The molecule has 0 aliphatic heterocycles. The molecule has 160 valence electrons. The zero-order valence-electron chi connectivity index (χ0n) is 16.8. The van der Waals surface area contributed by atoms with Crippen molar-refractivity contribution < 1.29 is 22.8 Å². The number of nitrogens with zero attached hydrogens (tertiary/aromatic N) is 2. The number of amides is 2. The molecule has 2 amide bonds. The van der Waals surface area contributed by atoms with Gasteiger partial charge in [-0.3, -0.25) is 19.4 Å². The number of nitrogens with one attached hydrogen (secondary N) is 3. The molecule has 3 N–H and O–H groups in total. The van der Waals surface area contributed by atoms with Crippen LogP contribution >= 0.6 is 0 Å². The van der Waals surface area contributed by atoms with E-state index in [1.165, 1.54) is 39.5 Å². The van der Waals surface area contributed by atoms with Crippen molar-refractivity contribution in [2.24, 2.45) is 0 Å². The summed E-state index contributed by atoms with van der Waals surface area (Å²) < 4.78 is 26.4. The van der Waals surface area contributed by atoms with E-state index in [0.29, 0.717) is 0 Å². The molecular weight excluding hydrogens is 410 g/mol. The normalized spacial score (nSPS) is 13.7. The Morgan fingerprint density at radius 3 is 2.47 bits per heavy atom. The molecule has 1 aliphatic carbocycles. The fraction of sp³-hybridized carbons (Fsp3) is 0.316. The molecule has 3 rings (SSSR count). The van der Waals surface area contributed by atoms with Crippen LogP contribution in [0.4, 0.5) is 11.4 Å². The van der Waals surface area contributed by atoms with E-state index in [4.69, 9.17) is 0 Å². The first-order chi connectivity index (χ1) is 14.2. The predicted octanol–water partition coefficient (Wildman–Crippen LogP) is 1.26. The Bertz CT molecular complexity index is 1070. The number of pyridine rings is 1. The molecule has 0 radical (unpaired) electrons. The molecule has 2 aromatic rings. The molecule has 1 fully saturated rings. The fourth-order valence-corrected chi connectivity index (χ4v) is 3.68. The number of carbonyl (C=O) groups is 2. The Morgan fingerprint density at radius 2 is 1.83 bits per heavy atom. The Kier molecular flexibility index (Phi) is 6.34. The summed E-state index contributed by atoms with van der Waals surface area (Å²) in [5, 5.41) is 5.79. The number of hydrogen-bond donors (Lipinski definition) is 3. The van der Waals surface area contributed by atoms with Crippen molar-refractivity contribution in [3.05, 3.63) is 47.8 Å². The van der Waals surface area contributed by atoms with Crippen molar-refractivity contribution in [2.75, 3.05) is 26.5 Å². The van der Waals surface area contributed by atoms with Crippen LogP contribution in [0, 0.1) is 0 Å². The summed E-state index contributed by atoms with van der Waals surface area (Å²) in [6.45, 7) is 0. The van der Waals surface area contributed by atoms with E-state index in [-0.39, 0.29) is 39.5 Å². The average Bonchev–Trinajstić information content (AvgIpc) is 3.52. The molecule has 1 aromatic carbocycles. The molecule has 1 aromatic heterocycles. The molecule has 0 atom stereocenters. The third-order valence-electron chi connectivity index (χ3n) is 4.40. The smallest absolute Gasteiger partial charge is 0.278 e. The van der Waals surface area contributed by atoms with Crippen LogP contribution in [0.1, 0.15) is 33.7 Å². The van der Waals surface area contributed by atoms with Gasteiger partial charge in [0.15, 0.2) is 0 Å². The molecule has 0 saturated heterocycles. The molecule has 1 saturated carbocycles. The van der Waals surface area contributed by atoms with Crippen molar-refractivity contribution in [2.45, 2.75) is 23.8 Å². The maximum absolute atomic E-state index is 12.7. The van der Waals surface area contributed by atoms with Crippen molar-refractivity contribution in [1.29, 1.82) is 0 Å². The number of anilines is 2. The third-order valence-corrected chi connectivity index (χ3v) is 6.28. The van der Waals surface area contributed by atoms with E-state index in [1.54, 1.807) is 18.2 Å². The van der Waals surface area contributed by atoms with E-state index < -0.39 is 15.9 Å². The fourth-order valence-electron chi connectivity index (χ4n) is 2.64. The number of carbonyl (C=O) groups excluding carboxylic acids is 2. The van der Waals surface area contributed by atoms with Gasteiger partial charge in [0.2, 0.25) is 10.0 Å². The number of aromatic nitrogens is 1. The highest BCUT2D eigenvalue weighted by atomic mass is 32.2. The van der Waals surface area contributed by atoms with Crippen molar-refractivity contribution >= 4 is 33.2 Å². The van der Waals surface area contributed by atoms with Gasteiger partial charge in [-0.05, 0) is 31.0 Å².